The number of carbonyl (C=O) groups excluding carboxylic acids is 2. The molecule has 27 heavy (non-hydrogen) atoms. The van der Waals surface area contributed by atoms with Crippen LogP contribution in [-0.4, -0.2) is 33.9 Å². The molecule has 6 heteroatoms. The van der Waals surface area contributed by atoms with Gasteiger partial charge in [-0.3, -0.25) is 14.4 Å². The van der Waals surface area contributed by atoms with Crippen molar-refractivity contribution in [3.8, 4) is 0 Å². The van der Waals surface area contributed by atoms with Gasteiger partial charge in [0.1, 0.15) is 5.92 Å². The number of aliphatic carboxylic acids is 1. The molecule has 0 heterocycles. The standard InChI is InChI=1S/C21H23NO4S/c1-15(23)27-14-18(12-16-8-4-2-5-9-16)22-20(24)19(21(25)26)13-17-10-6-3-7-11-17/h2-11,18-19H,12-14H2,1H3,(H,22,24)(H,25,26). The lowest BCUT2D eigenvalue weighted by molar-refractivity contribution is -0.147. The summed E-state index contributed by atoms with van der Waals surface area (Å²) in [5.41, 5.74) is 1.81. The Kier molecular flexibility index (Phi) is 8.07. The zero-order valence-electron chi connectivity index (χ0n) is 15.1. The van der Waals surface area contributed by atoms with Crippen molar-refractivity contribution in [3.05, 3.63) is 71.8 Å². The molecule has 2 rings (SSSR count). The number of carboxylic acids is 1. The van der Waals surface area contributed by atoms with Crippen molar-refractivity contribution < 1.29 is 19.5 Å². The average molecular weight is 385 g/mol. The molecule has 2 unspecified atom stereocenters. The molecule has 2 atom stereocenters. The summed E-state index contributed by atoms with van der Waals surface area (Å²) < 4.78 is 0. The maximum absolute atomic E-state index is 12.6. The van der Waals surface area contributed by atoms with Crippen LogP contribution in [0.2, 0.25) is 0 Å². The molecule has 0 radical (unpaired) electrons. The molecule has 5 nitrogen and oxygen atoms in total. The topological polar surface area (TPSA) is 83.5 Å². The van der Waals surface area contributed by atoms with Crippen LogP contribution in [0.25, 0.3) is 0 Å². The van der Waals surface area contributed by atoms with Gasteiger partial charge in [0.2, 0.25) is 5.91 Å². The first-order valence-electron chi connectivity index (χ1n) is 8.70. The van der Waals surface area contributed by atoms with E-state index in [2.05, 4.69) is 5.32 Å². The van der Waals surface area contributed by atoms with Crippen molar-refractivity contribution in [1.29, 1.82) is 0 Å². The van der Waals surface area contributed by atoms with Crippen molar-refractivity contribution in [2.24, 2.45) is 5.92 Å². The third-order valence-corrected chi connectivity index (χ3v) is 5.03. The third kappa shape index (κ3) is 7.27. The Labute approximate surface area is 163 Å². The van der Waals surface area contributed by atoms with Crippen molar-refractivity contribution in [2.75, 3.05) is 5.75 Å². The minimum atomic E-state index is -1.17. The molecule has 142 valence electrons. The highest BCUT2D eigenvalue weighted by Gasteiger charge is 2.28. The number of rotatable bonds is 9. The van der Waals surface area contributed by atoms with Crippen LogP contribution in [0.5, 0.6) is 0 Å². The largest absolute Gasteiger partial charge is 0.481 e. The molecule has 2 aromatic rings. The molecule has 0 saturated carbocycles. The number of carbonyl (C=O) groups is 3. The molecule has 0 fully saturated rings. The summed E-state index contributed by atoms with van der Waals surface area (Å²) >= 11 is 1.12. The lowest BCUT2D eigenvalue weighted by atomic mass is 9.97. The monoisotopic (exact) mass is 385 g/mol. The van der Waals surface area contributed by atoms with E-state index in [1.54, 1.807) is 12.1 Å². The quantitative estimate of drug-likeness (QED) is 0.649. The number of carboxylic acid groups (broad SMARTS) is 1. The Morgan fingerprint density at radius 2 is 1.44 bits per heavy atom. The molecule has 0 aliphatic heterocycles. The number of hydrogen-bond acceptors (Lipinski definition) is 4. The van der Waals surface area contributed by atoms with Crippen molar-refractivity contribution >= 4 is 28.8 Å². The number of nitrogens with one attached hydrogen (secondary N) is 1. The van der Waals surface area contributed by atoms with E-state index in [1.165, 1.54) is 6.92 Å². The van der Waals surface area contributed by atoms with Crippen LogP contribution < -0.4 is 5.32 Å². The second-order valence-electron chi connectivity index (χ2n) is 6.28. The molecule has 0 spiro atoms. The first-order valence-corrected chi connectivity index (χ1v) is 9.68. The van der Waals surface area contributed by atoms with Crippen LogP contribution in [0.1, 0.15) is 18.1 Å². The van der Waals surface area contributed by atoms with Crippen molar-refractivity contribution in [2.45, 2.75) is 25.8 Å². The Morgan fingerprint density at radius 3 is 1.93 bits per heavy atom. The molecule has 0 bridgehead atoms. The number of hydrogen-bond donors (Lipinski definition) is 2. The van der Waals surface area contributed by atoms with E-state index in [-0.39, 0.29) is 17.6 Å². The summed E-state index contributed by atoms with van der Waals surface area (Å²) in [6.45, 7) is 1.47. The van der Waals surface area contributed by atoms with Gasteiger partial charge in [0.15, 0.2) is 5.12 Å². The average Bonchev–Trinajstić information content (AvgIpc) is 2.65. The second-order valence-corrected chi connectivity index (χ2v) is 7.48. The Bertz CT molecular complexity index is 764. The fourth-order valence-electron chi connectivity index (χ4n) is 2.71. The van der Waals surface area contributed by atoms with Gasteiger partial charge in [-0.25, -0.2) is 0 Å². The summed E-state index contributed by atoms with van der Waals surface area (Å²) in [5, 5.41) is 12.3. The maximum atomic E-state index is 12.6. The fraction of sp³-hybridized carbons (Fsp3) is 0.286. The molecular formula is C21H23NO4S. The molecule has 1 amide bonds. The van der Waals surface area contributed by atoms with Gasteiger partial charge in [-0.15, -0.1) is 0 Å². The maximum Gasteiger partial charge on any atom is 0.316 e. The summed E-state index contributed by atoms with van der Waals surface area (Å²) in [6.07, 6.45) is 0.657. The van der Waals surface area contributed by atoms with Crippen molar-refractivity contribution in [1.82, 2.24) is 5.32 Å². The normalized spacial score (nSPS) is 12.8. The van der Waals surface area contributed by atoms with E-state index in [9.17, 15) is 19.5 Å². The Hall–Kier alpha value is -2.60. The van der Waals surface area contributed by atoms with Gasteiger partial charge in [-0.1, -0.05) is 72.4 Å². The third-order valence-electron chi connectivity index (χ3n) is 4.06. The van der Waals surface area contributed by atoms with Gasteiger partial charge in [-0.2, -0.15) is 0 Å². The molecular weight excluding hydrogens is 362 g/mol. The van der Waals surface area contributed by atoms with Crippen molar-refractivity contribution in [3.63, 3.8) is 0 Å². The zero-order chi connectivity index (χ0) is 19.6. The lowest BCUT2D eigenvalue weighted by Crippen LogP contribution is -2.44. The summed E-state index contributed by atoms with van der Waals surface area (Å²) in [6, 6.07) is 18.3. The minimum Gasteiger partial charge on any atom is -0.481 e. The Balaban J connectivity index is 2.08. The van der Waals surface area contributed by atoms with E-state index in [0.29, 0.717) is 12.2 Å². The summed E-state index contributed by atoms with van der Waals surface area (Å²) in [5.74, 6) is -2.47. The predicted molar refractivity (Wildman–Crippen MR) is 106 cm³/mol. The molecule has 0 saturated heterocycles. The number of amides is 1. The summed E-state index contributed by atoms with van der Waals surface area (Å²) in [7, 11) is 0. The molecule has 2 aromatic carbocycles. The Morgan fingerprint density at radius 1 is 0.926 bits per heavy atom. The first kappa shape index (κ1) is 20.7. The van der Waals surface area contributed by atoms with E-state index < -0.39 is 17.8 Å². The van der Waals surface area contributed by atoms with Gasteiger partial charge >= 0.3 is 5.97 Å². The van der Waals surface area contributed by atoms with Gasteiger partial charge < -0.3 is 10.4 Å². The first-order chi connectivity index (χ1) is 13.0. The molecule has 0 aliphatic carbocycles. The van der Waals surface area contributed by atoms with Gasteiger partial charge in [0, 0.05) is 18.7 Å². The van der Waals surface area contributed by atoms with Crippen LogP contribution in [0, 0.1) is 5.92 Å². The van der Waals surface area contributed by atoms with E-state index >= 15 is 0 Å². The van der Waals surface area contributed by atoms with Crippen LogP contribution >= 0.6 is 11.8 Å². The number of benzene rings is 2. The minimum absolute atomic E-state index is 0.0404. The number of thioether (sulfide) groups is 1. The predicted octanol–water partition coefficient (Wildman–Crippen LogP) is 2.94. The van der Waals surface area contributed by atoms with E-state index in [0.717, 1.165) is 22.9 Å². The van der Waals surface area contributed by atoms with Crippen LogP contribution in [0.15, 0.2) is 60.7 Å². The molecule has 0 aromatic heterocycles. The van der Waals surface area contributed by atoms with Gasteiger partial charge in [0.05, 0.1) is 0 Å². The smallest absolute Gasteiger partial charge is 0.316 e. The highest BCUT2D eigenvalue weighted by Crippen LogP contribution is 2.13. The van der Waals surface area contributed by atoms with Crippen LogP contribution in [0.4, 0.5) is 0 Å². The highest BCUT2D eigenvalue weighted by atomic mass is 32.2. The van der Waals surface area contributed by atoms with Crippen LogP contribution in [-0.2, 0) is 27.2 Å². The zero-order valence-corrected chi connectivity index (χ0v) is 15.9. The van der Waals surface area contributed by atoms with E-state index in [4.69, 9.17) is 0 Å². The highest BCUT2D eigenvalue weighted by molar-refractivity contribution is 8.13. The van der Waals surface area contributed by atoms with E-state index in [1.807, 2.05) is 48.5 Å². The van der Waals surface area contributed by atoms with Gasteiger partial charge in [-0.05, 0) is 24.0 Å². The van der Waals surface area contributed by atoms with Crippen LogP contribution in [0.3, 0.4) is 0 Å². The fourth-order valence-corrected chi connectivity index (χ4v) is 3.35. The summed E-state index contributed by atoms with van der Waals surface area (Å²) in [4.78, 5) is 35.6. The molecule has 0 aliphatic rings. The molecule has 2 N–H and O–H groups in total. The SMILES string of the molecule is CC(=O)SCC(Cc1ccccc1)NC(=O)C(Cc1ccccc1)C(=O)O. The lowest BCUT2D eigenvalue weighted by Gasteiger charge is -2.21. The second kappa shape index (κ2) is 10.5. The van der Waals surface area contributed by atoms with Gasteiger partial charge in [0.25, 0.3) is 0 Å².